The quantitative estimate of drug-likeness (QED) is 0.307. The number of pyridine rings is 1. The third kappa shape index (κ3) is 2.71. The van der Waals surface area contributed by atoms with Crippen LogP contribution in [0.4, 0.5) is 17.1 Å². The van der Waals surface area contributed by atoms with Crippen LogP contribution in [0.3, 0.4) is 0 Å². The first kappa shape index (κ1) is 16.0. The second-order valence-corrected chi connectivity index (χ2v) is 7.07. The molecule has 0 N–H and O–H groups in total. The molecule has 0 saturated carbocycles. The van der Waals surface area contributed by atoms with Crippen LogP contribution < -0.4 is 4.90 Å². The highest BCUT2D eigenvalue weighted by Gasteiger charge is 2.21. The molecule has 5 heteroatoms. The van der Waals surface area contributed by atoms with Gasteiger partial charge in [-0.3, -0.25) is 0 Å². The summed E-state index contributed by atoms with van der Waals surface area (Å²) < 4.78 is 13.7. The molecule has 0 atom stereocenters. The van der Waals surface area contributed by atoms with Gasteiger partial charge >= 0.3 is 0 Å². The average Bonchev–Trinajstić information content (AvgIpc) is 3.10. The molecule has 0 unspecified atom stereocenters. The van der Waals surface area contributed by atoms with Crippen molar-refractivity contribution in [3.8, 4) is 0 Å². The number of anilines is 3. The summed E-state index contributed by atoms with van der Waals surface area (Å²) in [6.07, 6.45) is 0.163. The van der Waals surface area contributed by atoms with E-state index in [1.54, 1.807) is 12.1 Å². The second kappa shape index (κ2) is 6.86. The predicted molar refractivity (Wildman–Crippen MR) is 116 cm³/mol. The molecule has 0 amide bonds. The molecule has 2 aromatic heterocycles. The van der Waals surface area contributed by atoms with E-state index in [9.17, 15) is 0 Å². The fraction of sp³-hybridized carbons (Fsp3) is 0. The van der Waals surface area contributed by atoms with Gasteiger partial charge in [-0.25, -0.2) is 4.98 Å². The SMILES string of the molecule is [2H]c1ccc2c(n1)oc1cccc(N(c3ccccc3)c3cccc(Cl)c3Cl)c12. The van der Waals surface area contributed by atoms with Crippen LogP contribution in [0, 0.1) is 0 Å². The Hall–Kier alpha value is -3.01. The average molecular weight is 406 g/mol. The topological polar surface area (TPSA) is 29.3 Å². The van der Waals surface area contributed by atoms with E-state index in [0.717, 1.165) is 27.8 Å². The van der Waals surface area contributed by atoms with Crippen molar-refractivity contribution in [3.63, 3.8) is 0 Å². The number of fused-ring (bicyclic) bond motifs is 3. The number of rotatable bonds is 3. The molecule has 2 heterocycles. The third-order valence-electron chi connectivity index (χ3n) is 4.63. The van der Waals surface area contributed by atoms with Gasteiger partial charge in [0, 0.05) is 11.9 Å². The summed E-state index contributed by atoms with van der Waals surface area (Å²) in [5, 5.41) is 2.69. The molecule has 28 heavy (non-hydrogen) atoms. The number of benzene rings is 3. The highest BCUT2D eigenvalue weighted by atomic mass is 35.5. The summed E-state index contributed by atoms with van der Waals surface area (Å²) in [4.78, 5) is 6.28. The zero-order valence-corrected chi connectivity index (χ0v) is 16.1. The van der Waals surface area contributed by atoms with E-state index in [1.165, 1.54) is 0 Å². The van der Waals surface area contributed by atoms with E-state index < -0.39 is 0 Å². The van der Waals surface area contributed by atoms with Crippen molar-refractivity contribution >= 4 is 62.3 Å². The first-order valence-corrected chi connectivity index (χ1v) is 9.47. The van der Waals surface area contributed by atoms with Gasteiger partial charge in [0.25, 0.3) is 0 Å². The summed E-state index contributed by atoms with van der Waals surface area (Å²) in [6, 6.07) is 24.9. The lowest BCUT2D eigenvalue weighted by Gasteiger charge is -2.27. The number of aromatic nitrogens is 1. The van der Waals surface area contributed by atoms with E-state index in [1.807, 2.05) is 66.7 Å². The van der Waals surface area contributed by atoms with Crippen molar-refractivity contribution in [3.05, 3.63) is 95.1 Å². The smallest absolute Gasteiger partial charge is 0.227 e. The van der Waals surface area contributed by atoms with Crippen molar-refractivity contribution in [2.75, 3.05) is 4.90 Å². The number of hydrogen-bond donors (Lipinski definition) is 0. The summed E-state index contributed by atoms with van der Waals surface area (Å²) in [7, 11) is 0. The molecule has 0 spiro atoms. The Morgan fingerprint density at radius 1 is 0.821 bits per heavy atom. The summed E-state index contributed by atoms with van der Waals surface area (Å²) in [5.74, 6) is 0. The molecule has 5 aromatic rings. The highest BCUT2D eigenvalue weighted by Crippen LogP contribution is 2.45. The molecule has 0 aliphatic heterocycles. The van der Waals surface area contributed by atoms with Crippen molar-refractivity contribution in [1.29, 1.82) is 0 Å². The Morgan fingerprint density at radius 3 is 2.46 bits per heavy atom. The normalized spacial score (nSPS) is 11.7. The number of nitrogens with zero attached hydrogens (tertiary/aromatic N) is 2. The largest absolute Gasteiger partial charge is 0.438 e. The minimum absolute atomic E-state index is 0.163. The molecule has 5 rings (SSSR count). The minimum atomic E-state index is 0.163. The van der Waals surface area contributed by atoms with Crippen molar-refractivity contribution in [1.82, 2.24) is 4.98 Å². The molecule has 0 fully saturated rings. The molecular weight excluding hydrogens is 391 g/mol. The third-order valence-corrected chi connectivity index (χ3v) is 5.44. The number of hydrogen-bond acceptors (Lipinski definition) is 3. The fourth-order valence-corrected chi connectivity index (χ4v) is 3.81. The van der Waals surface area contributed by atoms with E-state index in [0.29, 0.717) is 21.3 Å². The monoisotopic (exact) mass is 405 g/mol. The maximum Gasteiger partial charge on any atom is 0.227 e. The zero-order valence-electron chi connectivity index (χ0n) is 15.6. The molecule has 3 aromatic carbocycles. The molecule has 0 bridgehead atoms. The van der Waals surface area contributed by atoms with Crippen molar-refractivity contribution in [2.45, 2.75) is 0 Å². The predicted octanol–water partition coefficient (Wildman–Crippen LogP) is 7.76. The molecule has 0 aliphatic rings. The van der Waals surface area contributed by atoms with E-state index in [-0.39, 0.29) is 6.17 Å². The van der Waals surface area contributed by atoms with Crippen LogP contribution in [0.5, 0.6) is 0 Å². The Bertz CT molecular complexity index is 1350. The van der Waals surface area contributed by atoms with Crippen LogP contribution in [-0.2, 0) is 0 Å². The Kier molecular flexibility index (Phi) is 3.92. The van der Waals surface area contributed by atoms with Gasteiger partial charge in [0.15, 0.2) is 0 Å². The molecule has 0 aliphatic carbocycles. The molecular formula is C23H14Cl2N2O. The van der Waals surface area contributed by atoms with Crippen LogP contribution in [0.15, 0.2) is 89.5 Å². The van der Waals surface area contributed by atoms with Gasteiger partial charge in [-0.1, -0.05) is 53.5 Å². The molecule has 0 radical (unpaired) electrons. The lowest BCUT2D eigenvalue weighted by Crippen LogP contribution is -2.10. The fourth-order valence-electron chi connectivity index (χ4n) is 3.43. The van der Waals surface area contributed by atoms with Gasteiger partial charge in [-0.15, -0.1) is 0 Å². The lowest BCUT2D eigenvalue weighted by molar-refractivity contribution is 0.654. The maximum atomic E-state index is 7.80. The van der Waals surface area contributed by atoms with Crippen molar-refractivity contribution < 1.29 is 5.79 Å². The lowest BCUT2D eigenvalue weighted by atomic mass is 10.1. The second-order valence-electron chi connectivity index (χ2n) is 6.29. The Morgan fingerprint density at radius 2 is 1.61 bits per heavy atom. The summed E-state index contributed by atoms with van der Waals surface area (Å²) in [6.45, 7) is 0. The summed E-state index contributed by atoms with van der Waals surface area (Å²) >= 11 is 13.0. The first-order chi connectivity index (χ1) is 14.1. The maximum absolute atomic E-state index is 7.80. The van der Waals surface area contributed by atoms with Crippen molar-refractivity contribution in [2.24, 2.45) is 0 Å². The Balaban J connectivity index is 1.87. The van der Waals surface area contributed by atoms with E-state index in [4.69, 9.17) is 29.0 Å². The van der Waals surface area contributed by atoms with Gasteiger partial charge in [-0.05, 0) is 48.5 Å². The molecule has 0 saturated heterocycles. The minimum Gasteiger partial charge on any atom is -0.438 e. The number of para-hydroxylation sites is 1. The van der Waals surface area contributed by atoms with Crippen LogP contribution >= 0.6 is 23.2 Å². The van der Waals surface area contributed by atoms with Crippen LogP contribution in [0.25, 0.3) is 22.1 Å². The van der Waals surface area contributed by atoms with Gasteiger partial charge in [0.05, 0.1) is 33.6 Å². The Labute approximate surface area is 173 Å². The van der Waals surface area contributed by atoms with E-state index in [2.05, 4.69) is 9.88 Å². The molecule has 136 valence electrons. The summed E-state index contributed by atoms with van der Waals surface area (Å²) in [5.41, 5.74) is 3.71. The van der Waals surface area contributed by atoms with E-state index >= 15 is 0 Å². The van der Waals surface area contributed by atoms with Gasteiger partial charge in [0.2, 0.25) is 5.71 Å². The van der Waals surface area contributed by atoms with Crippen LogP contribution in [-0.4, -0.2) is 4.98 Å². The standard InChI is InChI=1S/C23H14Cl2N2O/c24-17-10-4-12-19(22(17)25)27(15-7-2-1-3-8-15)18-11-5-13-20-21(18)16-9-6-14-26-23(16)28-20/h1-14H/i14D. The van der Waals surface area contributed by atoms with Gasteiger partial charge in [0.1, 0.15) is 5.58 Å². The van der Waals surface area contributed by atoms with Gasteiger partial charge < -0.3 is 9.32 Å². The number of halogens is 2. The van der Waals surface area contributed by atoms with Crippen LogP contribution in [0.1, 0.15) is 1.37 Å². The number of furan rings is 1. The zero-order chi connectivity index (χ0) is 20.0. The first-order valence-electron chi connectivity index (χ1n) is 9.21. The molecule has 3 nitrogen and oxygen atoms in total. The highest BCUT2D eigenvalue weighted by molar-refractivity contribution is 6.44. The van der Waals surface area contributed by atoms with Crippen LogP contribution in [0.2, 0.25) is 10.0 Å². The van der Waals surface area contributed by atoms with Gasteiger partial charge in [-0.2, -0.15) is 0 Å².